The molecule has 1 heterocycles. The van der Waals surface area contributed by atoms with Crippen LogP contribution in [0.1, 0.15) is 45.4 Å². The molecule has 0 bridgehead atoms. The summed E-state index contributed by atoms with van der Waals surface area (Å²) < 4.78 is 0. The lowest BCUT2D eigenvalue weighted by Gasteiger charge is -2.44. The van der Waals surface area contributed by atoms with Gasteiger partial charge in [0.1, 0.15) is 0 Å². The maximum absolute atomic E-state index is 3.46. The van der Waals surface area contributed by atoms with Gasteiger partial charge >= 0.3 is 0 Å². The highest BCUT2D eigenvalue weighted by atomic mass is 15.3. The summed E-state index contributed by atoms with van der Waals surface area (Å²) in [6, 6.07) is 0. The van der Waals surface area contributed by atoms with Gasteiger partial charge in [-0.2, -0.15) is 0 Å². The predicted octanol–water partition coefficient (Wildman–Crippen LogP) is 2.18. The van der Waals surface area contributed by atoms with Crippen molar-refractivity contribution in [2.24, 2.45) is 5.41 Å². The number of hydrogen-bond donors (Lipinski definition) is 1. The second-order valence-electron chi connectivity index (χ2n) is 6.71. The van der Waals surface area contributed by atoms with Crippen LogP contribution in [0.15, 0.2) is 0 Å². The maximum atomic E-state index is 3.46. The molecule has 19 heavy (non-hydrogen) atoms. The molecule has 3 heteroatoms. The average Bonchev–Trinajstić information content (AvgIpc) is 2.43. The summed E-state index contributed by atoms with van der Waals surface area (Å²) in [4.78, 5) is 5.36. The molecule has 0 amide bonds. The molecule has 1 saturated heterocycles. The second-order valence-corrected chi connectivity index (χ2v) is 6.71. The van der Waals surface area contributed by atoms with Crippen molar-refractivity contribution in [1.29, 1.82) is 0 Å². The zero-order chi connectivity index (χ0) is 13.6. The third kappa shape index (κ3) is 4.44. The second kappa shape index (κ2) is 7.61. The maximum Gasteiger partial charge on any atom is 0.0110 e. The molecule has 112 valence electrons. The smallest absolute Gasteiger partial charge is 0.0110 e. The Morgan fingerprint density at radius 2 is 1.58 bits per heavy atom. The molecule has 0 spiro atoms. The number of piperazine rings is 1. The summed E-state index contributed by atoms with van der Waals surface area (Å²) in [5.41, 5.74) is 0.569. The number of rotatable bonds is 6. The van der Waals surface area contributed by atoms with E-state index in [2.05, 4.69) is 29.1 Å². The van der Waals surface area contributed by atoms with Crippen LogP contribution in [0.2, 0.25) is 0 Å². The first kappa shape index (κ1) is 15.3. The van der Waals surface area contributed by atoms with E-state index in [4.69, 9.17) is 0 Å². The Kier molecular flexibility index (Phi) is 6.11. The van der Waals surface area contributed by atoms with Crippen LogP contribution in [0.3, 0.4) is 0 Å². The van der Waals surface area contributed by atoms with Crippen molar-refractivity contribution in [2.75, 3.05) is 52.9 Å². The van der Waals surface area contributed by atoms with E-state index in [0.29, 0.717) is 5.41 Å². The topological polar surface area (TPSA) is 18.5 Å². The third-order valence-electron chi connectivity index (χ3n) is 5.03. The van der Waals surface area contributed by atoms with Gasteiger partial charge < -0.3 is 15.1 Å². The molecule has 1 saturated carbocycles. The Bertz CT molecular complexity index is 235. The van der Waals surface area contributed by atoms with Crippen molar-refractivity contribution in [3.8, 4) is 0 Å². The van der Waals surface area contributed by atoms with E-state index in [0.717, 1.165) is 0 Å². The van der Waals surface area contributed by atoms with Gasteiger partial charge in [-0.05, 0) is 38.3 Å². The monoisotopic (exact) mass is 267 g/mol. The van der Waals surface area contributed by atoms with Crippen molar-refractivity contribution in [3.63, 3.8) is 0 Å². The summed E-state index contributed by atoms with van der Waals surface area (Å²) in [6.07, 6.45) is 8.50. The lowest BCUT2D eigenvalue weighted by molar-refractivity contribution is 0.0631. The normalized spacial score (nSPS) is 25.6. The molecule has 0 aromatic carbocycles. The van der Waals surface area contributed by atoms with E-state index in [9.17, 15) is 0 Å². The first-order chi connectivity index (χ1) is 9.28. The molecule has 0 radical (unpaired) electrons. The molecule has 0 aromatic heterocycles. The SMILES string of the molecule is CCCN1CCN(CC2(CNC)CCCCC2)CC1. The van der Waals surface area contributed by atoms with Crippen molar-refractivity contribution in [2.45, 2.75) is 45.4 Å². The van der Waals surface area contributed by atoms with Crippen LogP contribution in [0.4, 0.5) is 0 Å². The summed E-state index contributed by atoms with van der Waals surface area (Å²) >= 11 is 0. The van der Waals surface area contributed by atoms with Crippen LogP contribution >= 0.6 is 0 Å². The molecule has 3 nitrogen and oxygen atoms in total. The fourth-order valence-corrected chi connectivity index (χ4v) is 4.03. The van der Waals surface area contributed by atoms with Crippen LogP contribution in [-0.4, -0.2) is 62.7 Å². The number of nitrogens with zero attached hydrogens (tertiary/aromatic N) is 2. The Hall–Kier alpha value is -0.120. The van der Waals surface area contributed by atoms with E-state index in [1.807, 2.05) is 0 Å². The fourth-order valence-electron chi connectivity index (χ4n) is 4.03. The Balaban J connectivity index is 1.81. The minimum atomic E-state index is 0.569. The Labute approximate surface area is 119 Å². The van der Waals surface area contributed by atoms with Gasteiger partial charge in [-0.25, -0.2) is 0 Å². The Morgan fingerprint density at radius 1 is 0.947 bits per heavy atom. The van der Waals surface area contributed by atoms with Gasteiger partial charge in [-0.3, -0.25) is 0 Å². The summed E-state index contributed by atoms with van der Waals surface area (Å²) in [5, 5.41) is 3.46. The zero-order valence-corrected chi connectivity index (χ0v) is 13.1. The molecule has 2 aliphatic rings. The molecule has 2 rings (SSSR count). The van der Waals surface area contributed by atoms with Crippen molar-refractivity contribution < 1.29 is 0 Å². The van der Waals surface area contributed by atoms with Crippen LogP contribution in [0, 0.1) is 5.41 Å². The van der Waals surface area contributed by atoms with Crippen LogP contribution < -0.4 is 5.32 Å². The minimum absolute atomic E-state index is 0.569. The number of nitrogens with one attached hydrogen (secondary N) is 1. The average molecular weight is 267 g/mol. The van der Waals surface area contributed by atoms with Gasteiger partial charge in [0.15, 0.2) is 0 Å². The molecule has 1 aliphatic heterocycles. The molecule has 1 aliphatic carbocycles. The van der Waals surface area contributed by atoms with Crippen molar-refractivity contribution >= 4 is 0 Å². The Morgan fingerprint density at radius 3 is 2.16 bits per heavy atom. The quantitative estimate of drug-likeness (QED) is 0.796. The van der Waals surface area contributed by atoms with E-state index < -0.39 is 0 Å². The molecule has 0 aromatic rings. The lowest BCUT2D eigenvalue weighted by atomic mass is 9.73. The summed E-state index contributed by atoms with van der Waals surface area (Å²) in [6.45, 7) is 11.2. The van der Waals surface area contributed by atoms with Gasteiger partial charge in [0.25, 0.3) is 0 Å². The van der Waals surface area contributed by atoms with E-state index in [1.165, 1.54) is 84.3 Å². The number of hydrogen-bond acceptors (Lipinski definition) is 3. The highest BCUT2D eigenvalue weighted by Crippen LogP contribution is 2.36. The van der Waals surface area contributed by atoms with Crippen LogP contribution in [-0.2, 0) is 0 Å². The first-order valence-electron chi connectivity index (χ1n) is 8.37. The van der Waals surface area contributed by atoms with E-state index in [-0.39, 0.29) is 0 Å². The molecule has 1 N–H and O–H groups in total. The van der Waals surface area contributed by atoms with Gasteiger partial charge in [-0.15, -0.1) is 0 Å². The van der Waals surface area contributed by atoms with Gasteiger partial charge in [0.05, 0.1) is 0 Å². The third-order valence-corrected chi connectivity index (χ3v) is 5.03. The van der Waals surface area contributed by atoms with E-state index in [1.54, 1.807) is 0 Å². The van der Waals surface area contributed by atoms with Crippen molar-refractivity contribution in [1.82, 2.24) is 15.1 Å². The zero-order valence-electron chi connectivity index (χ0n) is 13.1. The molecule has 0 atom stereocenters. The summed E-state index contributed by atoms with van der Waals surface area (Å²) in [7, 11) is 2.12. The van der Waals surface area contributed by atoms with Gasteiger partial charge in [0.2, 0.25) is 0 Å². The molecule has 0 unspecified atom stereocenters. The standard InChI is InChI=1S/C16H33N3/c1-3-9-18-10-12-19(13-11-18)15-16(14-17-2)7-5-4-6-8-16/h17H,3-15H2,1-2H3. The van der Waals surface area contributed by atoms with Gasteiger partial charge in [0, 0.05) is 39.3 Å². The minimum Gasteiger partial charge on any atom is -0.319 e. The highest BCUT2D eigenvalue weighted by molar-refractivity contribution is 4.88. The lowest BCUT2D eigenvalue weighted by Crippen LogP contribution is -2.52. The summed E-state index contributed by atoms with van der Waals surface area (Å²) in [5.74, 6) is 0. The highest BCUT2D eigenvalue weighted by Gasteiger charge is 2.34. The van der Waals surface area contributed by atoms with Crippen molar-refractivity contribution in [3.05, 3.63) is 0 Å². The first-order valence-corrected chi connectivity index (χ1v) is 8.37. The molecular formula is C16H33N3. The van der Waals surface area contributed by atoms with Gasteiger partial charge in [-0.1, -0.05) is 26.2 Å². The van der Waals surface area contributed by atoms with E-state index >= 15 is 0 Å². The largest absolute Gasteiger partial charge is 0.319 e. The van der Waals surface area contributed by atoms with Crippen LogP contribution in [0.25, 0.3) is 0 Å². The molecule has 2 fully saturated rings. The predicted molar refractivity (Wildman–Crippen MR) is 82.6 cm³/mol. The molecular weight excluding hydrogens is 234 g/mol. The van der Waals surface area contributed by atoms with Crippen LogP contribution in [0.5, 0.6) is 0 Å². The fraction of sp³-hybridized carbons (Fsp3) is 1.00.